The molecule has 0 saturated carbocycles. The van der Waals surface area contributed by atoms with Crippen LogP contribution >= 0.6 is 0 Å². The van der Waals surface area contributed by atoms with Crippen LogP contribution in [0.25, 0.3) is 11.3 Å². The first-order valence-electron chi connectivity index (χ1n) is 11.6. The summed E-state index contributed by atoms with van der Waals surface area (Å²) < 4.78 is 10.9. The number of methoxy groups -OCH3 is 1. The highest BCUT2D eigenvalue weighted by Crippen LogP contribution is 2.28. The van der Waals surface area contributed by atoms with Crippen LogP contribution in [0.5, 0.6) is 17.2 Å². The fraction of sp³-hybridized carbons (Fsp3) is 0.346. The summed E-state index contributed by atoms with van der Waals surface area (Å²) in [4.78, 5) is 12.4. The number of amides is 1. The number of rotatable bonds is 13. The topological polar surface area (TPSA) is 109 Å². The van der Waals surface area contributed by atoms with Gasteiger partial charge in [0.05, 0.1) is 25.6 Å². The Bertz CT molecular complexity index is 1080. The number of carbonyl (C=O) groups excluding carboxylic acids is 1. The van der Waals surface area contributed by atoms with E-state index in [1.165, 1.54) is 45.4 Å². The summed E-state index contributed by atoms with van der Waals surface area (Å²) in [5, 5.41) is 20.9. The molecule has 0 radical (unpaired) electrons. The molecule has 3 rings (SSSR count). The highest BCUT2D eigenvalue weighted by molar-refractivity contribution is 5.94. The van der Waals surface area contributed by atoms with Gasteiger partial charge in [-0.15, -0.1) is 0 Å². The molecule has 0 spiro atoms. The molecule has 0 fully saturated rings. The number of phenols is 1. The second kappa shape index (κ2) is 13.0. The van der Waals surface area contributed by atoms with Crippen LogP contribution in [0.15, 0.2) is 53.6 Å². The third kappa shape index (κ3) is 7.10. The highest BCUT2D eigenvalue weighted by atomic mass is 16.5. The minimum atomic E-state index is -0.448. The molecule has 1 amide bonds. The molecule has 3 aromatic rings. The van der Waals surface area contributed by atoms with Crippen molar-refractivity contribution in [1.82, 2.24) is 15.6 Å². The molecule has 3 N–H and O–H groups in total. The van der Waals surface area contributed by atoms with Crippen LogP contribution in [0.3, 0.4) is 0 Å². The third-order valence-electron chi connectivity index (χ3n) is 5.36. The summed E-state index contributed by atoms with van der Waals surface area (Å²) >= 11 is 0. The molecule has 0 unspecified atom stereocenters. The zero-order valence-corrected chi connectivity index (χ0v) is 19.7. The lowest BCUT2D eigenvalue weighted by molar-refractivity contribution is 0.0950. The Kier molecular flexibility index (Phi) is 9.52. The van der Waals surface area contributed by atoms with Gasteiger partial charge in [0.25, 0.3) is 5.91 Å². The van der Waals surface area contributed by atoms with Crippen LogP contribution in [0.2, 0.25) is 0 Å². The average Bonchev–Trinajstić information content (AvgIpc) is 3.35. The van der Waals surface area contributed by atoms with Gasteiger partial charge in [0.15, 0.2) is 11.5 Å². The van der Waals surface area contributed by atoms with Crippen molar-refractivity contribution in [1.29, 1.82) is 0 Å². The zero-order chi connectivity index (χ0) is 24.2. The van der Waals surface area contributed by atoms with Crippen LogP contribution in [0.1, 0.15) is 61.5 Å². The van der Waals surface area contributed by atoms with Gasteiger partial charge in [-0.3, -0.25) is 9.89 Å². The Morgan fingerprint density at radius 2 is 1.88 bits per heavy atom. The number of nitrogens with zero attached hydrogens (tertiary/aromatic N) is 2. The van der Waals surface area contributed by atoms with Crippen molar-refractivity contribution >= 4 is 12.1 Å². The normalized spacial score (nSPS) is 11.0. The zero-order valence-electron chi connectivity index (χ0n) is 19.7. The van der Waals surface area contributed by atoms with Gasteiger partial charge in [-0.25, -0.2) is 5.43 Å². The molecule has 0 bridgehead atoms. The lowest BCUT2D eigenvalue weighted by atomic mass is 10.1. The molecule has 0 aliphatic carbocycles. The number of nitrogens with one attached hydrogen (secondary N) is 2. The molecule has 1 aromatic heterocycles. The van der Waals surface area contributed by atoms with Gasteiger partial charge in [0.2, 0.25) is 0 Å². The number of aromatic amines is 1. The van der Waals surface area contributed by atoms with E-state index in [0.717, 1.165) is 17.7 Å². The molecule has 0 saturated heterocycles. The SMILES string of the molecule is CCCCCCCCOc1ccc(-c2cc(C(=O)N/N=C/c3cccc(OC)c3O)[nH]n2)cc1. The van der Waals surface area contributed by atoms with E-state index in [2.05, 4.69) is 27.6 Å². The second-order valence-corrected chi connectivity index (χ2v) is 7.90. The van der Waals surface area contributed by atoms with E-state index < -0.39 is 5.91 Å². The van der Waals surface area contributed by atoms with Crippen LogP contribution in [-0.2, 0) is 0 Å². The van der Waals surface area contributed by atoms with E-state index >= 15 is 0 Å². The fourth-order valence-electron chi connectivity index (χ4n) is 3.41. The number of para-hydroxylation sites is 1. The third-order valence-corrected chi connectivity index (χ3v) is 5.36. The lowest BCUT2D eigenvalue weighted by Crippen LogP contribution is -2.18. The van der Waals surface area contributed by atoms with Gasteiger partial charge in [-0.05, 0) is 48.9 Å². The van der Waals surface area contributed by atoms with Crippen molar-refractivity contribution in [2.24, 2.45) is 5.10 Å². The number of hydrogen-bond acceptors (Lipinski definition) is 6. The first kappa shape index (κ1) is 24.8. The first-order valence-corrected chi connectivity index (χ1v) is 11.6. The number of carbonyl (C=O) groups is 1. The largest absolute Gasteiger partial charge is 0.504 e. The first-order chi connectivity index (χ1) is 16.6. The molecular formula is C26H32N4O4. The molecule has 0 aliphatic rings. The molecule has 2 aromatic carbocycles. The highest BCUT2D eigenvalue weighted by Gasteiger charge is 2.11. The quantitative estimate of drug-likeness (QED) is 0.181. The minimum absolute atomic E-state index is 0.0498. The van der Waals surface area contributed by atoms with Gasteiger partial charge in [0, 0.05) is 11.1 Å². The maximum Gasteiger partial charge on any atom is 0.289 e. The van der Waals surface area contributed by atoms with Crippen LogP contribution in [0, 0.1) is 0 Å². The smallest absolute Gasteiger partial charge is 0.289 e. The summed E-state index contributed by atoms with van der Waals surface area (Å²) in [5.74, 6) is 0.649. The van der Waals surface area contributed by atoms with Gasteiger partial charge >= 0.3 is 0 Å². The summed E-state index contributed by atoms with van der Waals surface area (Å²) in [6.45, 7) is 2.93. The molecule has 0 aliphatic heterocycles. The van der Waals surface area contributed by atoms with Crippen molar-refractivity contribution in [2.45, 2.75) is 45.4 Å². The maximum absolute atomic E-state index is 12.4. The predicted molar refractivity (Wildman–Crippen MR) is 133 cm³/mol. The lowest BCUT2D eigenvalue weighted by Gasteiger charge is -2.06. The number of aromatic hydroxyl groups is 1. The molecular weight excluding hydrogens is 432 g/mol. The maximum atomic E-state index is 12.4. The Balaban J connectivity index is 1.49. The number of benzene rings is 2. The summed E-state index contributed by atoms with van der Waals surface area (Å²) in [6, 6.07) is 14.3. The van der Waals surface area contributed by atoms with Crippen molar-refractivity contribution in [3.05, 3.63) is 59.8 Å². The Morgan fingerprint density at radius 3 is 2.65 bits per heavy atom. The monoisotopic (exact) mass is 464 g/mol. The van der Waals surface area contributed by atoms with E-state index in [0.29, 0.717) is 23.6 Å². The van der Waals surface area contributed by atoms with Crippen molar-refractivity contribution in [2.75, 3.05) is 13.7 Å². The molecule has 8 heteroatoms. The number of aromatic nitrogens is 2. The van der Waals surface area contributed by atoms with E-state index in [-0.39, 0.29) is 11.4 Å². The van der Waals surface area contributed by atoms with Crippen LogP contribution < -0.4 is 14.9 Å². The number of phenolic OH excluding ortho intramolecular Hbond substituents is 1. The summed E-state index contributed by atoms with van der Waals surface area (Å²) in [7, 11) is 1.46. The van der Waals surface area contributed by atoms with Crippen molar-refractivity contribution < 1.29 is 19.4 Å². The molecule has 0 atom stereocenters. The molecule has 34 heavy (non-hydrogen) atoms. The van der Waals surface area contributed by atoms with E-state index in [9.17, 15) is 9.90 Å². The number of unbranched alkanes of at least 4 members (excludes halogenated alkanes) is 5. The molecule has 180 valence electrons. The van der Waals surface area contributed by atoms with Gasteiger partial charge in [-0.2, -0.15) is 10.2 Å². The summed E-state index contributed by atoms with van der Waals surface area (Å²) in [6.07, 6.45) is 8.72. The predicted octanol–water partition coefficient (Wildman–Crippen LogP) is 5.29. The molecule has 1 heterocycles. The molecule has 8 nitrogen and oxygen atoms in total. The Morgan fingerprint density at radius 1 is 1.12 bits per heavy atom. The average molecular weight is 465 g/mol. The van der Waals surface area contributed by atoms with E-state index in [1.54, 1.807) is 24.3 Å². The number of H-pyrrole nitrogens is 1. The Hall–Kier alpha value is -3.81. The standard InChI is InChI=1S/C26H32N4O4/c1-3-4-5-6-7-8-16-34-21-14-12-19(13-15-21)22-17-23(29-28-22)26(32)30-27-18-20-10-9-11-24(33-2)25(20)31/h9-15,17-18,31H,3-8,16H2,1-2H3,(H,28,29)(H,30,32)/b27-18+. The van der Waals surface area contributed by atoms with Gasteiger partial charge < -0.3 is 14.6 Å². The summed E-state index contributed by atoms with van der Waals surface area (Å²) in [5.41, 5.74) is 4.62. The number of hydrazone groups is 1. The van der Waals surface area contributed by atoms with Gasteiger partial charge in [-0.1, -0.05) is 45.1 Å². The van der Waals surface area contributed by atoms with Gasteiger partial charge in [0.1, 0.15) is 11.4 Å². The Labute approximate surface area is 200 Å². The van der Waals surface area contributed by atoms with E-state index in [4.69, 9.17) is 9.47 Å². The minimum Gasteiger partial charge on any atom is -0.504 e. The van der Waals surface area contributed by atoms with E-state index in [1.807, 2.05) is 24.3 Å². The van der Waals surface area contributed by atoms with Crippen molar-refractivity contribution in [3.8, 4) is 28.5 Å². The van der Waals surface area contributed by atoms with Crippen LogP contribution in [-0.4, -0.2) is 41.1 Å². The van der Waals surface area contributed by atoms with Crippen LogP contribution in [0.4, 0.5) is 0 Å². The number of ether oxygens (including phenoxy) is 2. The number of hydrogen-bond donors (Lipinski definition) is 3. The second-order valence-electron chi connectivity index (χ2n) is 7.90. The fourth-order valence-corrected chi connectivity index (χ4v) is 3.41. The van der Waals surface area contributed by atoms with Crippen molar-refractivity contribution in [3.63, 3.8) is 0 Å².